The number of halogens is 1. The number of aliphatic carboxylic acids is 1. The van der Waals surface area contributed by atoms with Crippen LogP contribution in [0.3, 0.4) is 0 Å². The summed E-state index contributed by atoms with van der Waals surface area (Å²) >= 11 is 0. The molecule has 1 saturated heterocycles. The van der Waals surface area contributed by atoms with E-state index in [1.807, 2.05) is 0 Å². The monoisotopic (exact) mass is 414 g/mol. The number of benzene rings is 1. The molecule has 0 unspecified atom stereocenters. The number of rotatable bonds is 5. The van der Waals surface area contributed by atoms with Crippen LogP contribution in [0.25, 0.3) is 22.6 Å². The van der Waals surface area contributed by atoms with Gasteiger partial charge in [-0.15, -0.1) is 0 Å². The largest absolute Gasteiger partial charge is 0.481 e. The predicted molar refractivity (Wildman–Crippen MR) is 102 cm³/mol. The van der Waals surface area contributed by atoms with Gasteiger partial charge in [-0.25, -0.2) is 14.4 Å². The van der Waals surface area contributed by atoms with Crippen LogP contribution in [-0.4, -0.2) is 51.3 Å². The molecule has 0 atom stereocenters. The first-order valence-corrected chi connectivity index (χ1v) is 9.09. The van der Waals surface area contributed by atoms with E-state index < -0.39 is 17.7 Å². The summed E-state index contributed by atoms with van der Waals surface area (Å²) in [6.45, 7) is 1.49. The zero-order valence-electron chi connectivity index (χ0n) is 16.3. The van der Waals surface area contributed by atoms with E-state index in [1.165, 1.54) is 19.2 Å². The standard InChI is InChI=1S/C20H19FN4O5/c1-20(18(26)27)9-29-17(30-10-20)16-24-14(11-3-5-12(21)6-4-11)15(25-16)13-7-8-22-19(23-13)28-2/h3-8,17H,9-10H2,1-2H3,(H,24,25)(H,26,27). The van der Waals surface area contributed by atoms with E-state index in [0.717, 1.165) is 0 Å². The first kappa shape index (κ1) is 19.9. The lowest BCUT2D eigenvalue weighted by molar-refractivity contribution is -0.236. The summed E-state index contributed by atoms with van der Waals surface area (Å²) < 4.78 is 29.8. The number of aromatic nitrogens is 4. The molecule has 0 saturated carbocycles. The molecular formula is C20H19FN4O5. The van der Waals surface area contributed by atoms with Crippen LogP contribution in [0.5, 0.6) is 6.01 Å². The molecule has 0 aliphatic carbocycles. The molecule has 9 nitrogen and oxygen atoms in total. The average molecular weight is 414 g/mol. The van der Waals surface area contributed by atoms with Crippen molar-refractivity contribution >= 4 is 5.97 Å². The summed E-state index contributed by atoms with van der Waals surface area (Å²) in [6.07, 6.45) is 0.663. The average Bonchev–Trinajstić information content (AvgIpc) is 3.20. The second-order valence-corrected chi connectivity index (χ2v) is 7.10. The number of carbonyl (C=O) groups is 1. The van der Waals surface area contributed by atoms with Gasteiger partial charge in [0, 0.05) is 11.8 Å². The number of H-pyrrole nitrogens is 1. The molecule has 10 heteroatoms. The number of nitrogens with one attached hydrogen (secondary N) is 1. The Labute approximate surface area is 170 Å². The quantitative estimate of drug-likeness (QED) is 0.654. The fourth-order valence-electron chi connectivity index (χ4n) is 2.97. The SMILES string of the molecule is COc1nccc(-c2[nH]c(C3OCC(C)(C(=O)O)CO3)nc2-c2ccc(F)cc2)n1. The Kier molecular flexibility index (Phi) is 5.18. The van der Waals surface area contributed by atoms with Crippen LogP contribution < -0.4 is 4.74 Å². The summed E-state index contributed by atoms with van der Waals surface area (Å²) in [7, 11) is 1.46. The van der Waals surface area contributed by atoms with Crippen LogP contribution in [0.15, 0.2) is 36.5 Å². The second-order valence-electron chi connectivity index (χ2n) is 7.10. The van der Waals surface area contributed by atoms with Gasteiger partial charge in [0.15, 0.2) is 5.82 Å². The molecule has 0 amide bonds. The second kappa shape index (κ2) is 7.81. The molecule has 156 valence electrons. The van der Waals surface area contributed by atoms with Crippen molar-refractivity contribution < 1.29 is 28.5 Å². The Morgan fingerprint density at radius 1 is 1.23 bits per heavy atom. The summed E-state index contributed by atoms with van der Waals surface area (Å²) in [4.78, 5) is 27.5. The van der Waals surface area contributed by atoms with E-state index in [-0.39, 0.29) is 25.0 Å². The van der Waals surface area contributed by atoms with Gasteiger partial charge in [0.25, 0.3) is 0 Å². The lowest BCUT2D eigenvalue weighted by Crippen LogP contribution is -2.42. The number of carboxylic acid groups (broad SMARTS) is 1. The van der Waals surface area contributed by atoms with Gasteiger partial charge in [0.1, 0.15) is 11.2 Å². The molecule has 2 aromatic heterocycles. The zero-order chi connectivity index (χ0) is 21.3. The van der Waals surface area contributed by atoms with Crippen molar-refractivity contribution in [3.8, 4) is 28.7 Å². The maximum Gasteiger partial charge on any atom is 0.316 e. The van der Waals surface area contributed by atoms with E-state index in [2.05, 4.69) is 19.9 Å². The smallest absolute Gasteiger partial charge is 0.316 e. The first-order chi connectivity index (χ1) is 14.4. The summed E-state index contributed by atoms with van der Waals surface area (Å²) in [6, 6.07) is 7.72. The van der Waals surface area contributed by atoms with Crippen LogP contribution in [0.2, 0.25) is 0 Å². The van der Waals surface area contributed by atoms with E-state index >= 15 is 0 Å². The third-order valence-corrected chi connectivity index (χ3v) is 4.76. The molecule has 1 fully saturated rings. The van der Waals surface area contributed by atoms with E-state index in [1.54, 1.807) is 31.3 Å². The number of aromatic amines is 1. The molecule has 1 aliphatic heterocycles. The van der Waals surface area contributed by atoms with Crippen LogP contribution in [-0.2, 0) is 14.3 Å². The highest BCUT2D eigenvalue weighted by molar-refractivity contribution is 5.77. The van der Waals surface area contributed by atoms with Gasteiger partial charge in [-0.3, -0.25) is 4.79 Å². The van der Waals surface area contributed by atoms with Crippen LogP contribution in [0.1, 0.15) is 19.0 Å². The lowest BCUT2D eigenvalue weighted by atomic mass is 9.92. The summed E-state index contributed by atoms with van der Waals surface area (Å²) in [5, 5.41) is 9.33. The highest BCUT2D eigenvalue weighted by atomic mass is 19.1. The molecule has 4 rings (SSSR count). The van der Waals surface area contributed by atoms with E-state index in [9.17, 15) is 14.3 Å². The van der Waals surface area contributed by atoms with Gasteiger partial charge in [-0.1, -0.05) is 0 Å². The molecule has 0 spiro atoms. The molecule has 1 aromatic carbocycles. The van der Waals surface area contributed by atoms with Gasteiger partial charge < -0.3 is 24.3 Å². The Morgan fingerprint density at radius 2 is 1.93 bits per heavy atom. The molecule has 1 aliphatic rings. The Balaban J connectivity index is 1.73. The minimum Gasteiger partial charge on any atom is -0.481 e. The molecule has 0 bridgehead atoms. The van der Waals surface area contributed by atoms with Gasteiger partial charge in [-0.2, -0.15) is 4.98 Å². The van der Waals surface area contributed by atoms with Crippen LogP contribution in [0.4, 0.5) is 4.39 Å². The van der Waals surface area contributed by atoms with Crippen molar-refractivity contribution in [1.29, 1.82) is 0 Å². The van der Waals surface area contributed by atoms with Crippen molar-refractivity contribution in [2.45, 2.75) is 13.2 Å². The van der Waals surface area contributed by atoms with Crippen LogP contribution in [0, 0.1) is 11.2 Å². The number of imidazole rings is 1. The minimum absolute atomic E-state index is 0.0315. The number of hydrogen-bond donors (Lipinski definition) is 2. The van der Waals surface area contributed by atoms with Crippen molar-refractivity contribution in [3.63, 3.8) is 0 Å². The molecular weight excluding hydrogens is 395 g/mol. The summed E-state index contributed by atoms with van der Waals surface area (Å²) in [5.41, 5.74) is 1.07. The maximum absolute atomic E-state index is 13.4. The summed E-state index contributed by atoms with van der Waals surface area (Å²) in [5.74, 6) is -1.03. The normalized spacial score (nSPS) is 21.4. The fourth-order valence-corrected chi connectivity index (χ4v) is 2.97. The molecule has 30 heavy (non-hydrogen) atoms. The number of methoxy groups -OCH3 is 1. The fraction of sp³-hybridized carbons (Fsp3) is 0.300. The van der Waals surface area contributed by atoms with Crippen LogP contribution >= 0.6 is 0 Å². The molecule has 3 heterocycles. The van der Waals surface area contributed by atoms with Crippen molar-refractivity contribution in [1.82, 2.24) is 19.9 Å². The highest BCUT2D eigenvalue weighted by Crippen LogP contribution is 2.35. The lowest BCUT2D eigenvalue weighted by Gasteiger charge is -2.33. The highest BCUT2D eigenvalue weighted by Gasteiger charge is 2.41. The third-order valence-electron chi connectivity index (χ3n) is 4.76. The Morgan fingerprint density at radius 3 is 2.57 bits per heavy atom. The van der Waals surface area contributed by atoms with E-state index in [0.29, 0.717) is 28.5 Å². The molecule has 0 radical (unpaired) electrons. The Hall–Kier alpha value is -3.37. The molecule has 2 N–H and O–H groups in total. The zero-order valence-corrected chi connectivity index (χ0v) is 16.3. The predicted octanol–water partition coefficient (Wildman–Crippen LogP) is 2.82. The van der Waals surface area contributed by atoms with Crippen molar-refractivity contribution in [2.24, 2.45) is 5.41 Å². The van der Waals surface area contributed by atoms with E-state index in [4.69, 9.17) is 14.2 Å². The number of carboxylic acids is 1. The van der Waals surface area contributed by atoms with Gasteiger partial charge in [0.05, 0.1) is 37.4 Å². The van der Waals surface area contributed by atoms with Gasteiger partial charge in [-0.05, 0) is 37.3 Å². The first-order valence-electron chi connectivity index (χ1n) is 9.09. The van der Waals surface area contributed by atoms with Crippen molar-refractivity contribution in [3.05, 3.63) is 48.2 Å². The van der Waals surface area contributed by atoms with Gasteiger partial charge >= 0.3 is 12.0 Å². The number of ether oxygens (including phenoxy) is 3. The number of nitrogens with zero attached hydrogens (tertiary/aromatic N) is 3. The van der Waals surface area contributed by atoms with Crippen molar-refractivity contribution in [2.75, 3.05) is 20.3 Å². The third kappa shape index (κ3) is 3.74. The van der Waals surface area contributed by atoms with Gasteiger partial charge in [0.2, 0.25) is 6.29 Å². The Bertz CT molecular complexity index is 1060. The molecule has 3 aromatic rings. The number of hydrogen-bond acceptors (Lipinski definition) is 7. The maximum atomic E-state index is 13.4. The topological polar surface area (TPSA) is 119 Å². The minimum atomic E-state index is -1.13.